The van der Waals surface area contributed by atoms with Crippen molar-refractivity contribution in [1.29, 1.82) is 0 Å². The Morgan fingerprint density at radius 3 is 2.65 bits per heavy atom. The molecule has 0 aliphatic carbocycles. The zero-order chi connectivity index (χ0) is 12.4. The van der Waals surface area contributed by atoms with Crippen LogP contribution in [0.5, 0.6) is 0 Å². The summed E-state index contributed by atoms with van der Waals surface area (Å²) in [7, 11) is 1.26. The van der Waals surface area contributed by atoms with E-state index in [-0.39, 0.29) is 11.7 Å². The fraction of sp³-hybridized carbons (Fsp3) is 0.333. The summed E-state index contributed by atoms with van der Waals surface area (Å²) < 4.78 is 17.3. The van der Waals surface area contributed by atoms with Crippen LogP contribution in [0.15, 0.2) is 24.3 Å². The Bertz CT molecular complexity index is 444. The van der Waals surface area contributed by atoms with Gasteiger partial charge in [0.2, 0.25) is 5.91 Å². The van der Waals surface area contributed by atoms with E-state index in [9.17, 15) is 14.0 Å². The molecule has 0 N–H and O–H groups in total. The van der Waals surface area contributed by atoms with Crippen LogP contribution < -0.4 is 4.90 Å². The molecule has 1 aliphatic rings. The monoisotopic (exact) mass is 237 g/mol. The molecule has 0 spiro atoms. The molecule has 1 aromatic carbocycles. The van der Waals surface area contributed by atoms with Gasteiger partial charge in [-0.2, -0.15) is 0 Å². The number of nitrogens with zero attached hydrogens (tertiary/aromatic N) is 1. The molecule has 0 unspecified atom stereocenters. The van der Waals surface area contributed by atoms with E-state index in [1.54, 1.807) is 0 Å². The number of carbonyl (C=O) groups is 2. The Morgan fingerprint density at radius 2 is 2.06 bits per heavy atom. The summed E-state index contributed by atoms with van der Waals surface area (Å²) in [4.78, 5) is 24.7. The predicted molar refractivity (Wildman–Crippen MR) is 58.9 cm³/mol. The summed E-state index contributed by atoms with van der Waals surface area (Å²) >= 11 is 0. The minimum atomic E-state index is -0.731. The molecule has 0 aromatic heterocycles. The van der Waals surface area contributed by atoms with Crippen LogP contribution in [0.2, 0.25) is 0 Å². The van der Waals surface area contributed by atoms with E-state index in [4.69, 9.17) is 0 Å². The molecule has 1 heterocycles. The van der Waals surface area contributed by atoms with Gasteiger partial charge < -0.3 is 9.64 Å². The molecule has 17 heavy (non-hydrogen) atoms. The van der Waals surface area contributed by atoms with Crippen molar-refractivity contribution in [3.8, 4) is 0 Å². The molecule has 5 heteroatoms. The number of methoxy groups -OCH3 is 1. The van der Waals surface area contributed by atoms with Gasteiger partial charge >= 0.3 is 5.97 Å². The molecule has 2 rings (SSSR count). The molecule has 1 saturated heterocycles. The van der Waals surface area contributed by atoms with Crippen molar-refractivity contribution in [3.63, 3.8) is 0 Å². The zero-order valence-corrected chi connectivity index (χ0v) is 9.35. The van der Waals surface area contributed by atoms with Crippen molar-refractivity contribution >= 4 is 17.6 Å². The lowest BCUT2D eigenvalue weighted by molar-refractivity contribution is -0.148. The second-order valence-electron chi connectivity index (χ2n) is 3.83. The van der Waals surface area contributed by atoms with Gasteiger partial charge in [0.05, 0.1) is 7.11 Å². The highest BCUT2D eigenvalue weighted by atomic mass is 19.1. The second kappa shape index (κ2) is 4.53. The maximum Gasteiger partial charge on any atom is 0.318 e. The third kappa shape index (κ3) is 2.13. The molecule has 0 bridgehead atoms. The van der Waals surface area contributed by atoms with Crippen LogP contribution in [0.4, 0.5) is 10.1 Å². The third-order valence-corrected chi connectivity index (χ3v) is 2.83. The fourth-order valence-electron chi connectivity index (χ4n) is 1.92. The summed E-state index contributed by atoms with van der Waals surface area (Å²) in [6, 6.07) is 5.61. The first kappa shape index (κ1) is 11.6. The highest BCUT2D eigenvalue weighted by Crippen LogP contribution is 2.25. The number of anilines is 1. The lowest BCUT2D eigenvalue weighted by Gasteiger charge is -2.16. The number of hydrogen-bond donors (Lipinski definition) is 0. The molecule has 0 saturated carbocycles. The summed E-state index contributed by atoms with van der Waals surface area (Å²) in [6.07, 6.45) is 0.433. The molecule has 90 valence electrons. The standard InChI is InChI=1S/C12H12FNO3/c1-17-12(16)10-6-7-14(11(10)15)9-4-2-8(13)3-5-9/h2-5,10H,6-7H2,1H3/t10-/m0/s1. The molecule has 1 aliphatic heterocycles. The molecule has 4 nitrogen and oxygen atoms in total. The molecule has 1 fully saturated rings. The van der Waals surface area contributed by atoms with Gasteiger partial charge in [-0.1, -0.05) is 0 Å². The third-order valence-electron chi connectivity index (χ3n) is 2.83. The summed E-state index contributed by atoms with van der Waals surface area (Å²) in [5, 5.41) is 0. The van der Waals surface area contributed by atoms with Gasteiger partial charge in [-0.15, -0.1) is 0 Å². The number of ether oxygens (including phenoxy) is 1. The number of halogens is 1. The second-order valence-corrected chi connectivity index (χ2v) is 3.83. The number of hydrogen-bond acceptors (Lipinski definition) is 3. The molecule has 0 radical (unpaired) electrons. The van der Waals surface area contributed by atoms with E-state index in [2.05, 4.69) is 4.74 Å². The van der Waals surface area contributed by atoms with Gasteiger partial charge in [0.15, 0.2) is 0 Å². The van der Waals surface area contributed by atoms with Gasteiger partial charge in [-0.25, -0.2) is 4.39 Å². The Labute approximate surface area is 98.0 Å². The number of rotatable bonds is 2. The lowest BCUT2D eigenvalue weighted by Crippen LogP contribution is -2.30. The van der Waals surface area contributed by atoms with Crippen LogP contribution in [0.25, 0.3) is 0 Å². The van der Waals surface area contributed by atoms with Gasteiger partial charge in [-0.05, 0) is 30.7 Å². The van der Waals surface area contributed by atoms with Gasteiger partial charge in [0.1, 0.15) is 11.7 Å². The largest absolute Gasteiger partial charge is 0.468 e. The van der Waals surface area contributed by atoms with Crippen molar-refractivity contribution in [2.45, 2.75) is 6.42 Å². The minimum absolute atomic E-state index is 0.288. The summed E-state index contributed by atoms with van der Waals surface area (Å²) in [6.45, 7) is 0.449. The fourth-order valence-corrected chi connectivity index (χ4v) is 1.92. The summed E-state index contributed by atoms with van der Waals surface area (Å²) in [5.41, 5.74) is 0.600. The van der Waals surface area contributed by atoms with Crippen LogP contribution in [0.1, 0.15) is 6.42 Å². The van der Waals surface area contributed by atoms with Gasteiger partial charge in [0, 0.05) is 12.2 Å². The van der Waals surface area contributed by atoms with E-state index in [1.165, 1.54) is 36.3 Å². The van der Waals surface area contributed by atoms with Crippen LogP contribution in [0.3, 0.4) is 0 Å². The molecule has 1 amide bonds. The van der Waals surface area contributed by atoms with Crippen LogP contribution in [-0.4, -0.2) is 25.5 Å². The first-order chi connectivity index (χ1) is 8.13. The Hall–Kier alpha value is -1.91. The minimum Gasteiger partial charge on any atom is -0.468 e. The Morgan fingerprint density at radius 1 is 1.41 bits per heavy atom. The summed E-state index contributed by atoms with van der Waals surface area (Å²) in [5.74, 6) is -1.89. The van der Waals surface area contributed by atoms with Crippen LogP contribution in [0, 0.1) is 11.7 Å². The highest BCUT2D eigenvalue weighted by molar-refractivity contribution is 6.08. The molecule has 1 atom stereocenters. The van der Waals surface area contributed by atoms with Gasteiger partial charge in [-0.3, -0.25) is 9.59 Å². The number of carbonyl (C=O) groups excluding carboxylic acids is 2. The van der Waals surface area contributed by atoms with Crippen LogP contribution in [-0.2, 0) is 14.3 Å². The molecule has 1 aromatic rings. The zero-order valence-electron chi connectivity index (χ0n) is 9.35. The normalized spacial score (nSPS) is 19.5. The Kier molecular flexibility index (Phi) is 3.08. The van der Waals surface area contributed by atoms with E-state index < -0.39 is 11.9 Å². The van der Waals surface area contributed by atoms with Crippen molar-refractivity contribution in [3.05, 3.63) is 30.1 Å². The van der Waals surface area contributed by atoms with Crippen molar-refractivity contribution in [1.82, 2.24) is 0 Å². The molecular formula is C12H12FNO3. The number of amides is 1. The molecular weight excluding hydrogens is 225 g/mol. The first-order valence-electron chi connectivity index (χ1n) is 5.28. The van der Waals surface area contributed by atoms with Gasteiger partial charge in [0.25, 0.3) is 0 Å². The first-order valence-corrected chi connectivity index (χ1v) is 5.28. The topological polar surface area (TPSA) is 46.6 Å². The van der Waals surface area contributed by atoms with E-state index >= 15 is 0 Å². The Balaban J connectivity index is 2.17. The quantitative estimate of drug-likeness (QED) is 0.576. The predicted octanol–water partition coefficient (Wildman–Crippen LogP) is 1.35. The maximum atomic E-state index is 12.8. The SMILES string of the molecule is COC(=O)[C@H]1CCN(c2ccc(F)cc2)C1=O. The number of esters is 1. The lowest BCUT2D eigenvalue weighted by atomic mass is 10.1. The van der Waals surface area contributed by atoms with Crippen LogP contribution >= 0.6 is 0 Å². The van der Waals surface area contributed by atoms with Crippen molar-refractivity contribution < 1.29 is 18.7 Å². The van der Waals surface area contributed by atoms with E-state index in [0.29, 0.717) is 18.7 Å². The van der Waals surface area contributed by atoms with Crippen molar-refractivity contribution in [2.24, 2.45) is 5.92 Å². The maximum absolute atomic E-state index is 12.8. The smallest absolute Gasteiger partial charge is 0.318 e. The average Bonchev–Trinajstić information content (AvgIpc) is 2.71. The van der Waals surface area contributed by atoms with Crippen molar-refractivity contribution in [2.75, 3.05) is 18.6 Å². The average molecular weight is 237 g/mol. The number of benzene rings is 1. The highest BCUT2D eigenvalue weighted by Gasteiger charge is 2.38. The van der Waals surface area contributed by atoms with E-state index in [1.807, 2.05) is 0 Å². The van der Waals surface area contributed by atoms with E-state index in [0.717, 1.165) is 0 Å².